The zero-order valence-electron chi connectivity index (χ0n) is 18.8. The minimum absolute atomic E-state index is 0.0147. The van der Waals surface area contributed by atoms with Gasteiger partial charge in [0.1, 0.15) is 13.2 Å². The van der Waals surface area contributed by atoms with Gasteiger partial charge in [-0.15, -0.1) is 11.8 Å². The van der Waals surface area contributed by atoms with Gasteiger partial charge in [-0.2, -0.15) is 0 Å². The largest absolute Gasteiger partial charge is 0.480 e. The number of hydrogen-bond donors (Lipinski definition) is 3. The first-order valence-corrected chi connectivity index (χ1v) is 11.3. The summed E-state index contributed by atoms with van der Waals surface area (Å²) in [6.45, 7) is 2.36. The van der Waals surface area contributed by atoms with E-state index in [0.29, 0.717) is 63.9 Å². The molecule has 2 aliphatic carbocycles. The Bertz CT molecular complexity index is 659. The number of ether oxygens (including phenoxy) is 5. The third-order valence-corrected chi connectivity index (χ3v) is 5.35. The van der Waals surface area contributed by atoms with Crippen molar-refractivity contribution in [3.05, 3.63) is 0 Å². The number of fused-ring (bicyclic) bond motifs is 1. The van der Waals surface area contributed by atoms with Crippen molar-refractivity contribution in [1.82, 2.24) is 10.6 Å². The molecule has 3 N–H and O–H groups in total. The number of alkyl carbamates (subject to hydrolysis) is 2. The highest BCUT2D eigenvalue weighted by atomic mass is 16.6. The van der Waals surface area contributed by atoms with Gasteiger partial charge in [0.25, 0.3) is 0 Å². The van der Waals surface area contributed by atoms with Crippen molar-refractivity contribution in [3.63, 3.8) is 0 Å². The number of nitrogens with one attached hydrogen (secondary N) is 2. The molecule has 11 heteroatoms. The molecule has 0 radical (unpaired) electrons. The van der Waals surface area contributed by atoms with Crippen molar-refractivity contribution in [1.29, 1.82) is 0 Å². The molecule has 3 atom stereocenters. The highest BCUT2D eigenvalue weighted by molar-refractivity contribution is 5.76. The molecule has 2 rings (SSSR count). The molecule has 1 fully saturated rings. The van der Waals surface area contributed by atoms with Gasteiger partial charge in [0.2, 0.25) is 0 Å². The van der Waals surface area contributed by atoms with Gasteiger partial charge in [0.05, 0.1) is 46.2 Å². The molecule has 2 amide bonds. The molecule has 1 unspecified atom stereocenters. The van der Waals surface area contributed by atoms with Crippen LogP contribution in [0.3, 0.4) is 0 Å². The number of rotatable bonds is 16. The maximum Gasteiger partial charge on any atom is 0.407 e. The first-order valence-electron chi connectivity index (χ1n) is 11.3. The molecular weight excluding hydrogens is 436 g/mol. The summed E-state index contributed by atoms with van der Waals surface area (Å²) in [5.74, 6) is 7.00. The van der Waals surface area contributed by atoms with Crippen molar-refractivity contribution >= 4 is 18.2 Å². The Morgan fingerprint density at radius 3 is 1.91 bits per heavy atom. The molecule has 1 saturated carbocycles. The molecule has 0 heterocycles. The summed E-state index contributed by atoms with van der Waals surface area (Å²) in [4.78, 5) is 33.1. The van der Waals surface area contributed by atoms with E-state index in [2.05, 4.69) is 22.5 Å². The topological polar surface area (TPSA) is 142 Å². The summed E-state index contributed by atoms with van der Waals surface area (Å²) in [5.41, 5.74) is 0. The number of carbonyl (C=O) groups excluding carboxylic acids is 2. The molecule has 0 bridgehead atoms. The van der Waals surface area contributed by atoms with Gasteiger partial charge in [0.15, 0.2) is 0 Å². The van der Waals surface area contributed by atoms with E-state index in [9.17, 15) is 14.4 Å². The maximum absolute atomic E-state index is 11.8. The summed E-state index contributed by atoms with van der Waals surface area (Å²) in [6.07, 6.45) is 2.90. The standard InChI is InChI=1S/C22H34N2O9/c25-20(26)15-24-22(28)32-14-13-31-12-11-30-10-9-29-8-7-23-21(27)33-16-19-17-5-3-1-2-4-6-18(17)19/h17-19H,3-16H2,(H,23,27)(H,24,28)(H,25,26)/t17-,18+,19?. The van der Waals surface area contributed by atoms with Gasteiger partial charge in [0, 0.05) is 19.4 Å². The number of carboxylic acid groups (broad SMARTS) is 1. The SMILES string of the molecule is O=C(O)CNC(=O)OCCOCCOCCOCCNC(=O)OCC1[C@H]2CCC#CCC[C@@H]12. The number of aliphatic carboxylic acids is 1. The van der Waals surface area contributed by atoms with Crippen LogP contribution in [0.5, 0.6) is 0 Å². The van der Waals surface area contributed by atoms with Crippen molar-refractivity contribution in [2.24, 2.45) is 17.8 Å². The number of hydrogen-bond acceptors (Lipinski definition) is 8. The van der Waals surface area contributed by atoms with E-state index in [-0.39, 0.29) is 13.2 Å². The number of carbonyl (C=O) groups is 3. The number of amides is 2. The highest BCUT2D eigenvalue weighted by Gasteiger charge is 2.49. The van der Waals surface area contributed by atoms with E-state index in [4.69, 9.17) is 28.8 Å². The summed E-state index contributed by atoms with van der Waals surface area (Å²) in [6, 6.07) is 0. The molecule has 186 valence electrons. The number of carboxylic acids is 1. The maximum atomic E-state index is 11.8. The van der Waals surface area contributed by atoms with E-state index in [1.165, 1.54) is 0 Å². The van der Waals surface area contributed by atoms with Gasteiger partial charge in [-0.1, -0.05) is 0 Å². The fourth-order valence-corrected chi connectivity index (χ4v) is 3.66. The molecule has 33 heavy (non-hydrogen) atoms. The predicted molar refractivity (Wildman–Crippen MR) is 116 cm³/mol. The summed E-state index contributed by atoms with van der Waals surface area (Å²) >= 11 is 0. The second-order valence-electron chi connectivity index (χ2n) is 7.67. The summed E-state index contributed by atoms with van der Waals surface area (Å²) < 4.78 is 26.0. The van der Waals surface area contributed by atoms with Crippen LogP contribution >= 0.6 is 0 Å². The zero-order chi connectivity index (χ0) is 23.7. The Hall–Kier alpha value is -2.55. The third-order valence-electron chi connectivity index (χ3n) is 5.35. The van der Waals surface area contributed by atoms with Gasteiger partial charge in [-0.05, 0) is 30.6 Å². The third kappa shape index (κ3) is 12.3. The lowest BCUT2D eigenvalue weighted by Gasteiger charge is -2.09. The molecule has 0 aromatic heterocycles. The van der Waals surface area contributed by atoms with Gasteiger partial charge >= 0.3 is 18.2 Å². The van der Waals surface area contributed by atoms with E-state index in [0.717, 1.165) is 25.7 Å². The molecule has 0 saturated heterocycles. The van der Waals surface area contributed by atoms with Crippen LogP contribution in [0.2, 0.25) is 0 Å². The smallest absolute Gasteiger partial charge is 0.407 e. The average Bonchev–Trinajstić information content (AvgIpc) is 3.42. The minimum Gasteiger partial charge on any atom is -0.480 e. The summed E-state index contributed by atoms with van der Waals surface area (Å²) in [7, 11) is 0. The predicted octanol–water partition coefficient (Wildman–Crippen LogP) is 1.01. The summed E-state index contributed by atoms with van der Waals surface area (Å²) in [5, 5.41) is 13.1. The van der Waals surface area contributed by atoms with Crippen LogP contribution in [0.4, 0.5) is 9.59 Å². The van der Waals surface area contributed by atoms with Gasteiger partial charge in [-0.25, -0.2) is 9.59 Å². The zero-order valence-corrected chi connectivity index (χ0v) is 18.8. The van der Waals surface area contributed by atoms with Gasteiger partial charge in [-0.3, -0.25) is 4.79 Å². The van der Waals surface area contributed by atoms with Crippen LogP contribution in [0.15, 0.2) is 0 Å². The van der Waals surface area contributed by atoms with Crippen LogP contribution in [0.25, 0.3) is 0 Å². The van der Waals surface area contributed by atoms with Crippen molar-refractivity contribution < 1.29 is 43.2 Å². The normalized spacial score (nSPS) is 20.8. The minimum atomic E-state index is -1.15. The lowest BCUT2D eigenvalue weighted by atomic mass is 10.1. The molecular formula is C22H34N2O9. The second-order valence-corrected chi connectivity index (χ2v) is 7.67. The lowest BCUT2D eigenvalue weighted by molar-refractivity contribution is -0.135. The molecule has 0 aromatic rings. The van der Waals surface area contributed by atoms with E-state index < -0.39 is 24.7 Å². The fourth-order valence-electron chi connectivity index (χ4n) is 3.66. The Morgan fingerprint density at radius 2 is 1.30 bits per heavy atom. The Kier molecular flexibility index (Phi) is 13.0. The van der Waals surface area contributed by atoms with E-state index >= 15 is 0 Å². The van der Waals surface area contributed by atoms with Crippen LogP contribution in [-0.4, -0.2) is 89.2 Å². The Morgan fingerprint density at radius 1 is 0.758 bits per heavy atom. The highest BCUT2D eigenvalue weighted by Crippen LogP contribution is 2.52. The Labute approximate surface area is 193 Å². The van der Waals surface area contributed by atoms with Crippen molar-refractivity contribution in [2.45, 2.75) is 25.7 Å². The lowest BCUT2D eigenvalue weighted by Crippen LogP contribution is -2.30. The Balaban J connectivity index is 1.29. The molecule has 11 nitrogen and oxygen atoms in total. The molecule has 0 aliphatic heterocycles. The molecule has 0 spiro atoms. The van der Waals surface area contributed by atoms with Gasteiger partial charge < -0.3 is 39.4 Å². The van der Waals surface area contributed by atoms with Crippen LogP contribution < -0.4 is 10.6 Å². The van der Waals surface area contributed by atoms with Crippen LogP contribution in [0, 0.1) is 29.6 Å². The second kappa shape index (κ2) is 16.1. The average molecular weight is 471 g/mol. The van der Waals surface area contributed by atoms with Crippen molar-refractivity contribution in [3.8, 4) is 11.8 Å². The first-order chi connectivity index (χ1) is 16.1. The first kappa shape index (κ1) is 26.7. The van der Waals surface area contributed by atoms with E-state index in [1.54, 1.807) is 0 Å². The van der Waals surface area contributed by atoms with E-state index in [1.807, 2.05) is 0 Å². The van der Waals surface area contributed by atoms with Crippen LogP contribution in [0.1, 0.15) is 25.7 Å². The molecule has 2 aliphatic rings. The van der Waals surface area contributed by atoms with Crippen molar-refractivity contribution in [2.75, 3.05) is 65.9 Å². The monoisotopic (exact) mass is 470 g/mol. The quantitative estimate of drug-likeness (QED) is 0.223. The van der Waals surface area contributed by atoms with Crippen LogP contribution in [-0.2, 0) is 28.5 Å². The fraction of sp³-hybridized carbons (Fsp3) is 0.773. The molecule has 0 aromatic carbocycles.